The maximum atomic E-state index is 12.4. The fraction of sp³-hybridized carbons (Fsp3) is 0.350. The average Bonchev–Trinajstić information content (AvgIpc) is 2.92. The van der Waals surface area contributed by atoms with E-state index in [1.807, 2.05) is 19.1 Å². The van der Waals surface area contributed by atoms with Crippen molar-refractivity contribution in [2.75, 3.05) is 19.8 Å². The highest BCUT2D eigenvalue weighted by Gasteiger charge is 2.23. The molecule has 0 bridgehead atoms. The van der Waals surface area contributed by atoms with Gasteiger partial charge in [-0.2, -0.15) is 0 Å². The van der Waals surface area contributed by atoms with Crippen LogP contribution >= 0.6 is 0 Å². The lowest BCUT2D eigenvalue weighted by atomic mass is 10.1. The molecule has 2 aromatic rings. The molecule has 0 aliphatic heterocycles. The van der Waals surface area contributed by atoms with Crippen molar-refractivity contribution in [3.8, 4) is 5.75 Å². The zero-order chi connectivity index (χ0) is 20.0. The first kappa shape index (κ1) is 20.2. The summed E-state index contributed by atoms with van der Waals surface area (Å²) in [5.41, 5.74) is 2.56. The van der Waals surface area contributed by atoms with E-state index in [1.54, 1.807) is 32.9 Å². The fourth-order valence-corrected chi connectivity index (χ4v) is 2.68. The molecule has 0 fully saturated rings. The quantitative estimate of drug-likeness (QED) is 0.565. The molecule has 0 saturated carbocycles. The van der Waals surface area contributed by atoms with Crippen molar-refractivity contribution >= 4 is 17.7 Å². The SMILES string of the molecule is CCOC(=O)c1[nH]c(C)c(C(=O)COC(=O)COc2cccc(C)c2)c1C. The number of ether oxygens (including phenoxy) is 3. The molecular weight excluding hydrogens is 350 g/mol. The van der Waals surface area contributed by atoms with Gasteiger partial charge in [-0.05, 0) is 51.0 Å². The predicted molar refractivity (Wildman–Crippen MR) is 98.2 cm³/mol. The molecule has 0 atom stereocenters. The number of rotatable bonds is 8. The number of carbonyl (C=O) groups excluding carboxylic acids is 3. The third-order valence-corrected chi connectivity index (χ3v) is 3.91. The molecule has 27 heavy (non-hydrogen) atoms. The molecule has 0 aliphatic rings. The third kappa shape index (κ3) is 5.20. The number of Topliss-reactive ketones (excluding diaryl/α,β-unsaturated/α-hetero) is 1. The summed E-state index contributed by atoms with van der Waals surface area (Å²) in [4.78, 5) is 39.0. The third-order valence-electron chi connectivity index (χ3n) is 3.91. The van der Waals surface area contributed by atoms with Crippen LogP contribution in [-0.4, -0.2) is 42.5 Å². The van der Waals surface area contributed by atoms with Crippen LogP contribution in [0.2, 0.25) is 0 Å². The summed E-state index contributed by atoms with van der Waals surface area (Å²) < 4.78 is 15.3. The molecule has 0 radical (unpaired) electrons. The number of aromatic amines is 1. The van der Waals surface area contributed by atoms with E-state index in [1.165, 1.54) is 0 Å². The molecule has 7 nitrogen and oxygen atoms in total. The molecule has 144 valence electrons. The fourth-order valence-electron chi connectivity index (χ4n) is 2.68. The number of nitrogens with one attached hydrogen (secondary N) is 1. The summed E-state index contributed by atoms with van der Waals surface area (Å²) in [6.45, 7) is 6.44. The molecule has 1 N–H and O–H groups in total. The number of hydrogen-bond acceptors (Lipinski definition) is 6. The van der Waals surface area contributed by atoms with Gasteiger partial charge in [0.2, 0.25) is 5.78 Å². The Labute approximate surface area is 157 Å². The van der Waals surface area contributed by atoms with Crippen molar-refractivity contribution < 1.29 is 28.6 Å². The van der Waals surface area contributed by atoms with Crippen molar-refractivity contribution in [2.45, 2.75) is 27.7 Å². The molecule has 0 saturated heterocycles. The van der Waals surface area contributed by atoms with E-state index in [4.69, 9.17) is 14.2 Å². The van der Waals surface area contributed by atoms with Gasteiger partial charge in [0.1, 0.15) is 11.4 Å². The van der Waals surface area contributed by atoms with Crippen LogP contribution in [0.1, 0.15) is 44.6 Å². The van der Waals surface area contributed by atoms with Gasteiger partial charge < -0.3 is 19.2 Å². The van der Waals surface area contributed by atoms with Crippen LogP contribution in [0.15, 0.2) is 24.3 Å². The van der Waals surface area contributed by atoms with Crippen LogP contribution in [0.25, 0.3) is 0 Å². The smallest absolute Gasteiger partial charge is 0.355 e. The largest absolute Gasteiger partial charge is 0.482 e. The Morgan fingerprint density at radius 3 is 2.44 bits per heavy atom. The van der Waals surface area contributed by atoms with Gasteiger partial charge >= 0.3 is 11.9 Å². The van der Waals surface area contributed by atoms with Crippen molar-refractivity contribution in [3.05, 3.63) is 52.3 Å². The number of aryl methyl sites for hydroxylation is 2. The maximum absolute atomic E-state index is 12.4. The number of H-pyrrole nitrogens is 1. The molecule has 7 heteroatoms. The lowest BCUT2D eigenvalue weighted by Gasteiger charge is -2.08. The van der Waals surface area contributed by atoms with Gasteiger partial charge in [0, 0.05) is 11.3 Å². The van der Waals surface area contributed by atoms with Crippen LogP contribution in [0.5, 0.6) is 5.75 Å². The number of benzene rings is 1. The van der Waals surface area contributed by atoms with E-state index in [2.05, 4.69) is 4.98 Å². The lowest BCUT2D eigenvalue weighted by molar-refractivity contribution is -0.144. The monoisotopic (exact) mass is 373 g/mol. The zero-order valence-corrected chi connectivity index (χ0v) is 15.9. The normalized spacial score (nSPS) is 10.4. The second-order valence-electron chi connectivity index (χ2n) is 6.03. The summed E-state index contributed by atoms with van der Waals surface area (Å²) in [7, 11) is 0. The first-order valence-corrected chi connectivity index (χ1v) is 8.58. The van der Waals surface area contributed by atoms with Crippen molar-refractivity contribution in [3.63, 3.8) is 0 Å². The first-order chi connectivity index (χ1) is 12.8. The summed E-state index contributed by atoms with van der Waals surface area (Å²) in [6, 6.07) is 7.25. The number of ketones is 1. The van der Waals surface area contributed by atoms with Gasteiger partial charge in [-0.15, -0.1) is 0 Å². The standard InChI is InChI=1S/C20H23NO6/c1-5-25-20(24)19-13(3)18(14(4)21-19)16(22)10-27-17(23)11-26-15-8-6-7-12(2)9-15/h6-9,21H,5,10-11H2,1-4H3. The summed E-state index contributed by atoms with van der Waals surface area (Å²) >= 11 is 0. The Morgan fingerprint density at radius 2 is 1.78 bits per heavy atom. The number of aromatic nitrogens is 1. The van der Waals surface area contributed by atoms with Gasteiger partial charge in [0.05, 0.1) is 6.61 Å². The van der Waals surface area contributed by atoms with E-state index >= 15 is 0 Å². The molecule has 1 heterocycles. The van der Waals surface area contributed by atoms with E-state index in [9.17, 15) is 14.4 Å². The summed E-state index contributed by atoms with van der Waals surface area (Å²) in [5.74, 6) is -1.03. The minimum absolute atomic E-state index is 0.229. The van der Waals surface area contributed by atoms with E-state index < -0.39 is 24.3 Å². The highest BCUT2D eigenvalue weighted by atomic mass is 16.6. The van der Waals surface area contributed by atoms with E-state index in [0.29, 0.717) is 22.6 Å². The summed E-state index contributed by atoms with van der Waals surface area (Å²) in [6.07, 6.45) is 0. The van der Waals surface area contributed by atoms with Gasteiger partial charge in [0.25, 0.3) is 0 Å². The van der Waals surface area contributed by atoms with Crippen molar-refractivity contribution in [2.24, 2.45) is 0 Å². The molecule has 0 unspecified atom stereocenters. The van der Waals surface area contributed by atoms with E-state index in [0.717, 1.165) is 5.56 Å². The molecule has 1 aromatic carbocycles. The predicted octanol–water partition coefficient (Wildman–Crippen LogP) is 2.92. The van der Waals surface area contributed by atoms with Crippen molar-refractivity contribution in [1.82, 2.24) is 4.98 Å². The zero-order valence-electron chi connectivity index (χ0n) is 15.9. The minimum atomic E-state index is -0.652. The molecule has 1 aromatic heterocycles. The van der Waals surface area contributed by atoms with Crippen LogP contribution in [0.4, 0.5) is 0 Å². The Balaban J connectivity index is 1.93. The van der Waals surface area contributed by atoms with Gasteiger partial charge in [-0.3, -0.25) is 4.79 Å². The Kier molecular flexibility index (Phi) is 6.76. The molecule has 0 spiro atoms. The molecule has 0 aliphatic carbocycles. The van der Waals surface area contributed by atoms with Crippen LogP contribution in [-0.2, 0) is 14.3 Å². The van der Waals surface area contributed by atoms with E-state index in [-0.39, 0.29) is 18.9 Å². The molecular formula is C20H23NO6. The Hall–Kier alpha value is -3.09. The van der Waals surface area contributed by atoms with Gasteiger partial charge in [-0.1, -0.05) is 12.1 Å². The molecule has 2 rings (SSSR count). The first-order valence-electron chi connectivity index (χ1n) is 8.58. The summed E-state index contributed by atoms with van der Waals surface area (Å²) in [5, 5.41) is 0. The van der Waals surface area contributed by atoms with Gasteiger partial charge in [0.15, 0.2) is 13.2 Å². The number of esters is 2. The van der Waals surface area contributed by atoms with Crippen LogP contribution in [0.3, 0.4) is 0 Å². The van der Waals surface area contributed by atoms with Gasteiger partial charge in [-0.25, -0.2) is 9.59 Å². The minimum Gasteiger partial charge on any atom is -0.482 e. The topological polar surface area (TPSA) is 94.7 Å². The second-order valence-corrected chi connectivity index (χ2v) is 6.03. The number of carbonyl (C=O) groups is 3. The number of hydrogen-bond donors (Lipinski definition) is 1. The highest BCUT2D eigenvalue weighted by molar-refractivity contribution is 6.03. The van der Waals surface area contributed by atoms with Crippen LogP contribution in [0, 0.1) is 20.8 Å². The second kappa shape index (κ2) is 9.02. The van der Waals surface area contributed by atoms with Crippen molar-refractivity contribution in [1.29, 1.82) is 0 Å². The average molecular weight is 373 g/mol. The maximum Gasteiger partial charge on any atom is 0.355 e. The highest BCUT2D eigenvalue weighted by Crippen LogP contribution is 2.19. The van der Waals surface area contributed by atoms with Crippen LogP contribution < -0.4 is 4.74 Å². The Bertz CT molecular complexity index is 852. The Morgan fingerprint density at radius 1 is 1.04 bits per heavy atom. The lowest BCUT2D eigenvalue weighted by Crippen LogP contribution is -2.20. The molecule has 0 amide bonds.